The average Bonchev–Trinajstić information content (AvgIpc) is 3.27. The highest BCUT2D eigenvalue weighted by molar-refractivity contribution is 5.56. The maximum Gasteiger partial charge on any atom is 0.272 e. The standard InChI is InChI=1S/C20H23N5O3/c1-13-7-19-22-16(9-20(26)25(19)23-13)11-24-6-2-3-15(10-24)21-14-4-5-17-18(8-14)28-12-27-17/h4-5,7-9,15,21,23H,2-3,6,10-12H2,1H3. The van der Waals surface area contributed by atoms with E-state index in [1.807, 2.05) is 31.2 Å². The predicted molar refractivity (Wildman–Crippen MR) is 105 cm³/mol. The first kappa shape index (κ1) is 17.1. The SMILES string of the molecule is Cc1cc2nc(CN3CCCC(Nc4ccc5c(c4)OCO5)C3)cc(=O)n2[nH]1. The zero-order valence-corrected chi connectivity index (χ0v) is 15.8. The Bertz CT molecular complexity index is 1070. The summed E-state index contributed by atoms with van der Waals surface area (Å²) in [4.78, 5) is 19.3. The van der Waals surface area contributed by atoms with Crippen molar-refractivity contribution in [2.45, 2.75) is 32.4 Å². The molecule has 2 aliphatic rings. The highest BCUT2D eigenvalue weighted by atomic mass is 16.7. The first-order valence-electron chi connectivity index (χ1n) is 9.61. The molecule has 0 amide bonds. The van der Waals surface area contributed by atoms with Gasteiger partial charge in [0.1, 0.15) is 0 Å². The van der Waals surface area contributed by atoms with Gasteiger partial charge in [-0.15, -0.1) is 0 Å². The Hall–Kier alpha value is -3.00. The van der Waals surface area contributed by atoms with Gasteiger partial charge >= 0.3 is 0 Å². The van der Waals surface area contributed by atoms with Crippen LogP contribution in [0.1, 0.15) is 24.2 Å². The van der Waals surface area contributed by atoms with E-state index in [-0.39, 0.29) is 12.4 Å². The van der Waals surface area contributed by atoms with Crippen molar-refractivity contribution in [1.82, 2.24) is 19.5 Å². The van der Waals surface area contributed by atoms with E-state index in [1.54, 1.807) is 6.07 Å². The molecule has 1 unspecified atom stereocenters. The first-order chi connectivity index (χ1) is 13.6. The molecule has 3 aromatic rings. The van der Waals surface area contributed by atoms with Crippen LogP contribution in [0.4, 0.5) is 5.69 Å². The lowest BCUT2D eigenvalue weighted by Gasteiger charge is -2.33. The minimum atomic E-state index is -0.0693. The Balaban J connectivity index is 1.27. The third-order valence-electron chi connectivity index (χ3n) is 5.27. The largest absolute Gasteiger partial charge is 0.454 e. The summed E-state index contributed by atoms with van der Waals surface area (Å²) in [5.74, 6) is 1.58. The Morgan fingerprint density at radius 2 is 2.14 bits per heavy atom. The van der Waals surface area contributed by atoms with Crippen molar-refractivity contribution < 1.29 is 9.47 Å². The molecule has 2 aromatic heterocycles. The van der Waals surface area contributed by atoms with Gasteiger partial charge in [0.15, 0.2) is 17.1 Å². The molecule has 2 N–H and O–H groups in total. The highest BCUT2D eigenvalue weighted by Gasteiger charge is 2.22. The number of anilines is 1. The summed E-state index contributed by atoms with van der Waals surface area (Å²) in [6.45, 7) is 4.79. The number of aromatic amines is 1. The lowest BCUT2D eigenvalue weighted by molar-refractivity contribution is 0.174. The number of nitrogens with zero attached hydrogens (tertiary/aromatic N) is 3. The molecule has 0 radical (unpaired) electrons. The highest BCUT2D eigenvalue weighted by Crippen LogP contribution is 2.34. The molecular weight excluding hydrogens is 358 g/mol. The molecule has 1 fully saturated rings. The Morgan fingerprint density at radius 1 is 1.25 bits per heavy atom. The second kappa shape index (κ2) is 6.87. The molecule has 5 rings (SSSR count). The van der Waals surface area contributed by atoms with Gasteiger partial charge in [0, 0.05) is 48.7 Å². The average molecular weight is 381 g/mol. The fourth-order valence-corrected chi connectivity index (χ4v) is 4.01. The number of fused-ring (bicyclic) bond motifs is 2. The summed E-state index contributed by atoms with van der Waals surface area (Å²) in [7, 11) is 0. The molecule has 0 aliphatic carbocycles. The number of likely N-dealkylation sites (tertiary alicyclic amines) is 1. The number of hydrogen-bond donors (Lipinski definition) is 2. The van der Waals surface area contributed by atoms with Crippen molar-refractivity contribution in [2.24, 2.45) is 0 Å². The van der Waals surface area contributed by atoms with Crippen LogP contribution in [0.5, 0.6) is 11.5 Å². The fraction of sp³-hybridized carbons (Fsp3) is 0.400. The molecule has 2 aliphatic heterocycles. The summed E-state index contributed by atoms with van der Waals surface area (Å²) in [5.41, 5.74) is 3.38. The molecule has 8 heteroatoms. The lowest BCUT2D eigenvalue weighted by Crippen LogP contribution is -2.41. The van der Waals surface area contributed by atoms with Crippen LogP contribution < -0.4 is 20.3 Å². The van der Waals surface area contributed by atoms with Crippen LogP contribution in [0, 0.1) is 6.92 Å². The van der Waals surface area contributed by atoms with Crippen LogP contribution in [0.2, 0.25) is 0 Å². The van der Waals surface area contributed by atoms with Crippen LogP contribution in [-0.4, -0.2) is 45.4 Å². The van der Waals surface area contributed by atoms with E-state index >= 15 is 0 Å². The zero-order chi connectivity index (χ0) is 19.1. The van der Waals surface area contributed by atoms with E-state index in [4.69, 9.17) is 9.47 Å². The molecule has 4 heterocycles. The fourth-order valence-electron chi connectivity index (χ4n) is 4.01. The number of nitrogens with one attached hydrogen (secondary N) is 2. The van der Waals surface area contributed by atoms with Gasteiger partial charge in [0.05, 0.1) is 5.69 Å². The summed E-state index contributed by atoms with van der Waals surface area (Å²) >= 11 is 0. The molecule has 0 saturated carbocycles. The molecule has 146 valence electrons. The molecule has 0 spiro atoms. The lowest BCUT2D eigenvalue weighted by atomic mass is 10.0. The van der Waals surface area contributed by atoms with Gasteiger partial charge in [-0.2, -0.15) is 0 Å². The predicted octanol–water partition coefficient (Wildman–Crippen LogP) is 2.14. The second-order valence-corrected chi connectivity index (χ2v) is 7.51. The summed E-state index contributed by atoms with van der Waals surface area (Å²) in [6, 6.07) is 9.82. The van der Waals surface area contributed by atoms with E-state index in [0.29, 0.717) is 18.2 Å². The number of hydrogen-bond acceptors (Lipinski definition) is 6. The van der Waals surface area contributed by atoms with Gasteiger partial charge in [0.25, 0.3) is 5.56 Å². The van der Waals surface area contributed by atoms with Crippen LogP contribution in [0.25, 0.3) is 5.65 Å². The Kier molecular flexibility index (Phi) is 4.20. The number of rotatable bonds is 4. The first-order valence-corrected chi connectivity index (χ1v) is 9.61. The van der Waals surface area contributed by atoms with Gasteiger partial charge in [-0.3, -0.25) is 14.8 Å². The molecule has 1 atom stereocenters. The van der Waals surface area contributed by atoms with Crippen molar-refractivity contribution in [3.05, 3.63) is 52.1 Å². The number of aryl methyl sites for hydroxylation is 1. The normalized spacial score (nSPS) is 19.2. The third kappa shape index (κ3) is 3.31. The summed E-state index contributed by atoms with van der Waals surface area (Å²) in [6.07, 6.45) is 2.21. The van der Waals surface area contributed by atoms with Gasteiger partial charge in [-0.25, -0.2) is 9.50 Å². The van der Waals surface area contributed by atoms with E-state index in [0.717, 1.165) is 54.5 Å². The van der Waals surface area contributed by atoms with E-state index < -0.39 is 0 Å². The molecular formula is C20H23N5O3. The minimum Gasteiger partial charge on any atom is -0.454 e. The minimum absolute atomic E-state index is 0.0693. The van der Waals surface area contributed by atoms with Crippen molar-refractivity contribution in [3.63, 3.8) is 0 Å². The van der Waals surface area contributed by atoms with E-state index in [2.05, 4.69) is 20.3 Å². The van der Waals surface area contributed by atoms with Crippen LogP contribution in [0.3, 0.4) is 0 Å². The van der Waals surface area contributed by atoms with Crippen molar-refractivity contribution in [1.29, 1.82) is 0 Å². The number of aromatic nitrogens is 3. The van der Waals surface area contributed by atoms with Gasteiger partial charge in [-0.05, 0) is 38.4 Å². The van der Waals surface area contributed by atoms with Crippen LogP contribution in [-0.2, 0) is 6.54 Å². The number of H-pyrrole nitrogens is 1. The Morgan fingerprint density at radius 3 is 3.07 bits per heavy atom. The van der Waals surface area contributed by atoms with Gasteiger partial charge < -0.3 is 14.8 Å². The summed E-state index contributed by atoms with van der Waals surface area (Å²) < 4.78 is 12.3. The molecule has 8 nitrogen and oxygen atoms in total. The second-order valence-electron chi connectivity index (χ2n) is 7.51. The maximum absolute atomic E-state index is 12.3. The van der Waals surface area contributed by atoms with E-state index in [9.17, 15) is 4.79 Å². The van der Waals surface area contributed by atoms with Gasteiger partial charge in [-0.1, -0.05) is 0 Å². The molecule has 0 bridgehead atoms. The van der Waals surface area contributed by atoms with Crippen LogP contribution in [0.15, 0.2) is 35.1 Å². The van der Waals surface area contributed by atoms with Crippen molar-refractivity contribution >= 4 is 11.3 Å². The number of benzene rings is 1. The quantitative estimate of drug-likeness (QED) is 0.720. The third-order valence-corrected chi connectivity index (χ3v) is 5.27. The number of ether oxygens (including phenoxy) is 2. The smallest absolute Gasteiger partial charge is 0.272 e. The monoisotopic (exact) mass is 381 g/mol. The summed E-state index contributed by atoms with van der Waals surface area (Å²) in [5, 5.41) is 6.61. The van der Waals surface area contributed by atoms with Crippen molar-refractivity contribution in [2.75, 3.05) is 25.2 Å². The zero-order valence-electron chi connectivity index (χ0n) is 15.8. The molecule has 1 aromatic carbocycles. The molecule has 1 saturated heterocycles. The molecule has 28 heavy (non-hydrogen) atoms. The van der Waals surface area contributed by atoms with Gasteiger partial charge in [0.2, 0.25) is 6.79 Å². The van der Waals surface area contributed by atoms with E-state index in [1.165, 1.54) is 4.52 Å². The number of piperidine rings is 1. The van der Waals surface area contributed by atoms with Crippen LogP contribution >= 0.6 is 0 Å². The van der Waals surface area contributed by atoms with Crippen molar-refractivity contribution in [3.8, 4) is 11.5 Å². The maximum atomic E-state index is 12.3. The topological polar surface area (TPSA) is 83.9 Å². The Labute approximate surface area is 162 Å².